The van der Waals surface area contributed by atoms with Crippen LogP contribution in [0.4, 0.5) is 0 Å². The maximum Gasteiger partial charge on any atom is 0.235 e. The first-order valence-corrected chi connectivity index (χ1v) is 5.44. The Bertz CT molecular complexity index is 305. The van der Waals surface area contributed by atoms with E-state index < -0.39 is 3.79 Å². The monoisotopic (exact) mass is 305 g/mol. The van der Waals surface area contributed by atoms with E-state index in [1.165, 1.54) is 0 Å². The number of hydrogen-bond donors (Lipinski definition) is 0. The van der Waals surface area contributed by atoms with Crippen molar-refractivity contribution in [2.24, 2.45) is 0 Å². The van der Waals surface area contributed by atoms with Gasteiger partial charge in [0.25, 0.3) is 0 Å². The third-order valence-corrected chi connectivity index (χ3v) is 2.48. The van der Waals surface area contributed by atoms with Gasteiger partial charge in [0.15, 0.2) is 4.60 Å². The van der Waals surface area contributed by atoms with Crippen LogP contribution in [0, 0.1) is 0 Å². The fourth-order valence-electron chi connectivity index (χ4n) is 0.882. The molecule has 1 aromatic rings. The van der Waals surface area contributed by atoms with Crippen LogP contribution in [0.5, 0.6) is 0 Å². The lowest BCUT2D eigenvalue weighted by atomic mass is 10.4. The van der Waals surface area contributed by atoms with Crippen LogP contribution in [0.3, 0.4) is 0 Å². The van der Waals surface area contributed by atoms with Crippen molar-refractivity contribution in [2.45, 2.75) is 23.7 Å². The van der Waals surface area contributed by atoms with Crippen molar-refractivity contribution >= 4 is 50.7 Å². The summed E-state index contributed by atoms with van der Waals surface area (Å²) in [4.78, 5) is 0. The molecule has 0 aliphatic carbocycles. The van der Waals surface area contributed by atoms with E-state index in [9.17, 15) is 0 Å². The van der Waals surface area contributed by atoms with Gasteiger partial charge in [0.05, 0.1) is 0 Å². The molecule has 0 aliphatic heterocycles. The summed E-state index contributed by atoms with van der Waals surface area (Å²) in [5, 5.41) is 7.63. The molecular weight excluding hydrogens is 300 g/mol. The smallest absolute Gasteiger partial charge is 0.235 e. The number of alkyl halides is 3. The number of nitrogens with zero attached hydrogens (tertiary/aromatic N) is 3. The molecule has 7 heteroatoms. The molecule has 13 heavy (non-hydrogen) atoms. The molecule has 0 aliphatic rings. The van der Waals surface area contributed by atoms with E-state index in [-0.39, 0.29) is 6.04 Å². The molecule has 1 aromatic heterocycles. The Morgan fingerprint density at radius 2 is 1.92 bits per heavy atom. The highest BCUT2D eigenvalue weighted by molar-refractivity contribution is 9.10. The van der Waals surface area contributed by atoms with Gasteiger partial charge in [-0.1, -0.05) is 40.0 Å². The third-order valence-electron chi connectivity index (χ3n) is 1.41. The quantitative estimate of drug-likeness (QED) is 0.744. The minimum Gasteiger partial charge on any atom is -0.241 e. The molecule has 0 N–H and O–H groups in total. The molecule has 0 radical (unpaired) electrons. The summed E-state index contributed by atoms with van der Waals surface area (Å²) >= 11 is 20.4. The van der Waals surface area contributed by atoms with Gasteiger partial charge in [-0.2, -0.15) is 0 Å². The zero-order valence-electron chi connectivity index (χ0n) is 6.93. The Balaban J connectivity index is 3.25. The van der Waals surface area contributed by atoms with E-state index in [0.717, 1.165) is 0 Å². The summed E-state index contributed by atoms with van der Waals surface area (Å²) in [6, 6.07) is 0.101. The maximum absolute atomic E-state index is 5.75. The van der Waals surface area contributed by atoms with Gasteiger partial charge in [0, 0.05) is 6.04 Å². The van der Waals surface area contributed by atoms with E-state index in [2.05, 4.69) is 26.2 Å². The number of aromatic nitrogens is 3. The molecule has 3 nitrogen and oxygen atoms in total. The SMILES string of the molecule is CC(C)n1nnc(Br)c1C(Cl)(Cl)Cl. The maximum atomic E-state index is 5.75. The molecule has 0 atom stereocenters. The molecule has 1 heterocycles. The second kappa shape index (κ2) is 3.93. The van der Waals surface area contributed by atoms with Gasteiger partial charge in [-0.05, 0) is 29.8 Å². The molecule has 74 valence electrons. The summed E-state index contributed by atoms with van der Waals surface area (Å²) in [7, 11) is 0. The predicted molar refractivity (Wildman–Crippen MR) is 57.3 cm³/mol. The van der Waals surface area contributed by atoms with Crippen LogP contribution in [0.1, 0.15) is 25.6 Å². The normalized spacial score (nSPS) is 12.5. The van der Waals surface area contributed by atoms with Crippen molar-refractivity contribution < 1.29 is 0 Å². The standard InChI is InChI=1S/C6H7BrCl3N3/c1-3(2)13-4(6(8,9)10)5(7)11-12-13/h3H,1-2H3. The molecule has 0 fully saturated rings. The van der Waals surface area contributed by atoms with E-state index in [1.807, 2.05) is 13.8 Å². The van der Waals surface area contributed by atoms with Gasteiger partial charge in [-0.15, -0.1) is 5.10 Å². The number of hydrogen-bond acceptors (Lipinski definition) is 2. The van der Waals surface area contributed by atoms with Crippen LogP contribution in [0.15, 0.2) is 4.60 Å². The highest BCUT2D eigenvalue weighted by Gasteiger charge is 2.32. The predicted octanol–water partition coefficient (Wildman–Crippen LogP) is 3.45. The summed E-state index contributed by atoms with van der Waals surface area (Å²) in [5.41, 5.74) is 0.451. The zero-order valence-corrected chi connectivity index (χ0v) is 10.8. The highest BCUT2D eigenvalue weighted by Crippen LogP contribution is 2.41. The Labute approximate surface area is 99.5 Å². The van der Waals surface area contributed by atoms with Gasteiger partial charge in [0.1, 0.15) is 5.69 Å². The van der Waals surface area contributed by atoms with Crippen molar-refractivity contribution in [1.82, 2.24) is 15.0 Å². The van der Waals surface area contributed by atoms with Crippen molar-refractivity contribution in [2.75, 3.05) is 0 Å². The van der Waals surface area contributed by atoms with Gasteiger partial charge in [-0.3, -0.25) is 0 Å². The molecule has 0 saturated heterocycles. The second-order valence-electron chi connectivity index (χ2n) is 2.76. The number of rotatable bonds is 1. The summed E-state index contributed by atoms with van der Waals surface area (Å²) in [6.45, 7) is 3.86. The van der Waals surface area contributed by atoms with Crippen molar-refractivity contribution in [1.29, 1.82) is 0 Å². The van der Waals surface area contributed by atoms with Crippen LogP contribution in [0.2, 0.25) is 0 Å². The molecule has 0 bridgehead atoms. The average molecular weight is 307 g/mol. The summed E-state index contributed by atoms with van der Waals surface area (Å²) < 4.78 is 0.519. The van der Waals surface area contributed by atoms with Crippen LogP contribution >= 0.6 is 50.7 Å². The van der Waals surface area contributed by atoms with E-state index in [1.54, 1.807) is 4.68 Å². The Kier molecular flexibility index (Phi) is 3.49. The molecule has 0 saturated carbocycles. The topological polar surface area (TPSA) is 30.7 Å². The molecule has 0 aromatic carbocycles. The van der Waals surface area contributed by atoms with Gasteiger partial charge >= 0.3 is 0 Å². The molecule has 0 unspecified atom stereocenters. The van der Waals surface area contributed by atoms with Gasteiger partial charge in [-0.25, -0.2) is 4.68 Å². The lowest BCUT2D eigenvalue weighted by molar-refractivity contribution is 0.496. The fourth-order valence-corrected chi connectivity index (χ4v) is 2.30. The van der Waals surface area contributed by atoms with Crippen LogP contribution in [-0.2, 0) is 3.79 Å². The molecule has 0 amide bonds. The van der Waals surface area contributed by atoms with Crippen molar-refractivity contribution in [3.63, 3.8) is 0 Å². The van der Waals surface area contributed by atoms with E-state index in [0.29, 0.717) is 10.3 Å². The molecular formula is C6H7BrCl3N3. The van der Waals surface area contributed by atoms with E-state index in [4.69, 9.17) is 34.8 Å². The van der Waals surface area contributed by atoms with Crippen LogP contribution < -0.4 is 0 Å². The lowest BCUT2D eigenvalue weighted by Crippen LogP contribution is -2.14. The molecule has 0 spiro atoms. The van der Waals surface area contributed by atoms with Crippen molar-refractivity contribution in [3.05, 3.63) is 10.3 Å². The van der Waals surface area contributed by atoms with Crippen LogP contribution in [-0.4, -0.2) is 15.0 Å². The molecule has 1 rings (SSSR count). The second-order valence-corrected chi connectivity index (χ2v) is 5.80. The fraction of sp³-hybridized carbons (Fsp3) is 0.667. The lowest BCUT2D eigenvalue weighted by Gasteiger charge is -2.15. The Morgan fingerprint density at radius 3 is 2.23 bits per heavy atom. The average Bonchev–Trinajstić information content (AvgIpc) is 2.28. The first-order valence-electron chi connectivity index (χ1n) is 3.52. The van der Waals surface area contributed by atoms with Crippen LogP contribution in [0.25, 0.3) is 0 Å². The Morgan fingerprint density at radius 1 is 1.38 bits per heavy atom. The highest BCUT2D eigenvalue weighted by atomic mass is 79.9. The minimum atomic E-state index is -1.51. The van der Waals surface area contributed by atoms with Gasteiger partial charge < -0.3 is 0 Å². The number of halogens is 4. The zero-order chi connectivity index (χ0) is 10.2. The first-order chi connectivity index (χ1) is 5.84. The largest absolute Gasteiger partial charge is 0.241 e. The summed E-state index contributed by atoms with van der Waals surface area (Å²) in [6.07, 6.45) is 0. The third kappa shape index (κ3) is 2.49. The van der Waals surface area contributed by atoms with Gasteiger partial charge in [0.2, 0.25) is 3.79 Å². The Hall–Kier alpha value is 0.490. The first kappa shape index (κ1) is 11.6. The van der Waals surface area contributed by atoms with E-state index >= 15 is 0 Å². The summed E-state index contributed by atoms with van der Waals surface area (Å²) in [5.74, 6) is 0. The van der Waals surface area contributed by atoms with Crippen molar-refractivity contribution in [3.8, 4) is 0 Å². The minimum absolute atomic E-state index is 0.101.